The largest absolute Gasteiger partial charge is 0.464 e. The maximum atomic E-state index is 11.2. The second-order valence-corrected chi connectivity index (χ2v) is 3.75. The standard InChI is InChI=1S/C11H19NO2/c1-2-7-12-8-11(13)14-9-10-5-3-4-6-10/h2,10,12H,1,3-9H2. The normalized spacial score (nSPS) is 16.9. The average Bonchev–Trinajstić information content (AvgIpc) is 2.68. The molecule has 1 saturated carbocycles. The maximum Gasteiger partial charge on any atom is 0.319 e. The number of carbonyl (C=O) groups excluding carboxylic acids is 1. The summed E-state index contributed by atoms with van der Waals surface area (Å²) in [6, 6.07) is 0. The summed E-state index contributed by atoms with van der Waals surface area (Å²) >= 11 is 0. The van der Waals surface area contributed by atoms with Crippen LogP contribution in [0.25, 0.3) is 0 Å². The summed E-state index contributed by atoms with van der Waals surface area (Å²) in [7, 11) is 0. The van der Waals surface area contributed by atoms with Gasteiger partial charge in [-0.2, -0.15) is 0 Å². The van der Waals surface area contributed by atoms with E-state index in [0.29, 0.717) is 25.6 Å². The van der Waals surface area contributed by atoms with E-state index in [9.17, 15) is 4.79 Å². The molecule has 0 saturated heterocycles. The third-order valence-electron chi connectivity index (χ3n) is 2.51. The minimum Gasteiger partial charge on any atom is -0.464 e. The van der Waals surface area contributed by atoms with Crippen LogP contribution in [-0.4, -0.2) is 25.7 Å². The van der Waals surface area contributed by atoms with E-state index in [0.717, 1.165) is 0 Å². The van der Waals surface area contributed by atoms with Gasteiger partial charge in [-0.15, -0.1) is 6.58 Å². The van der Waals surface area contributed by atoms with Gasteiger partial charge in [0.2, 0.25) is 0 Å². The summed E-state index contributed by atoms with van der Waals surface area (Å²) in [5, 5.41) is 2.92. The van der Waals surface area contributed by atoms with Gasteiger partial charge in [-0.3, -0.25) is 4.79 Å². The first-order valence-electron chi connectivity index (χ1n) is 5.30. The number of esters is 1. The van der Waals surface area contributed by atoms with Crippen molar-refractivity contribution in [3.8, 4) is 0 Å². The molecular weight excluding hydrogens is 178 g/mol. The molecule has 1 aliphatic rings. The quantitative estimate of drug-likeness (QED) is 0.398. The molecule has 0 aromatic heterocycles. The summed E-state index contributed by atoms with van der Waals surface area (Å²) in [4.78, 5) is 11.2. The van der Waals surface area contributed by atoms with Gasteiger partial charge < -0.3 is 10.1 Å². The Morgan fingerprint density at radius 2 is 2.21 bits per heavy atom. The lowest BCUT2D eigenvalue weighted by molar-refractivity contribution is -0.143. The molecule has 0 aromatic carbocycles. The van der Waals surface area contributed by atoms with Crippen molar-refractivity contribution >= 4 is 5.97 Å². The smallest absolute Gasteiger partial charge is 0.319 e. The molecule has 3 nitrogen and oxygen atoms in total. The zero-order valence-electron chi connectivity index (χ0n) is 8.63. The first-order valence-corrected chi connectivity index (χ1v) is 5.30. The number of rotatable bonds is 6. The molecule has 0 aliphatic heterocycles. The van der Waals surface area contributed by atoms with Crippen LogP contribution in [0.15, 0.2) is 12.7 Å². The first-order chi connectivity index (χ1) is 6.83. The van der Waals surface area contributed by atoms with Crippen molar-refractivity contribution in [1.82, 2.24) is 5.32 Å². The van der Waals surface area contributed by atoms with Gasteiger partial charge in [0.05, 0.1) is 13.2 Å². The zero-order chi connectivity index (χ0) is 10.2. The van der Waals surface area contributed by atoms with E-state index in [4.69, 9.17) is 4.74 Å². The van der Waals surface area contributed by atoms with E-state index in [-0.39, 0.29) is 5.97 Å². The van der Waals surface area contributed by atoms with Crippen LogP contribution in [0.1, 0.15) is 25.7 Å². The fourth-order valence-electron chi connectivity index (χ4n) is 1.72. The van der Waals surface area contributed by atoms with Crippen LogP contribution in [0, 0.1) is 5.92 Å². The van der Waals surface area contributed by atoms with Crippen molar-refractivity contribution in [2.45, 2.75) is 25.7 Å². The molecule has 1 N–H and O–H groups in total. The highest BCUT2D eigenvalue weighted by Crippen LogP contribution is 2.24. The Hall–Kier alpha value is -0.830. The second-order valence-electron chi connectivity index (χ2n) is 3.75. The third kappa shape index (κ3) is 4.42. The predicted octanol–water partition coefficient (Wildman–Crippen LogP) is 1.50. The average molecular weight is 197 g/mol. The lowest BCUT2D eigenvalue weighted by Gasteiger charge is -2.09. The Bertz CT molecular complexity index is 186. The topological polar surface area (TPSA) is 38.3 Å². The zero-order valence-corrected chi connectivity index (χ0v) is 8.63. The van der Waals surface area contributed by atoms with Crippen LogP contribution in [-0.2, 0) is 9.53 Å². The third-order valence-corrected chi connectivity index (χ3v) is 2.51. The molecule has 0 atom stereocenters. The van der Waals surface area contributed by atoms with Gasteiger partial charge in [0.25, 0.3) is 0 Å². The summed E-state index contributed by atoms with van der Waals surface area (Å²) in [6.07, 6.45) is 6.73. The van der Waals surface area contributed by atoms with Gasteiger partial charge >= 0.3 is 5.97 Å². The van der Waals surface area contributed by atoms with Crippen LogP contribution in [0.2, 0.25) is 0 Å². The molecule has 14 heavy (non-hydrogen) atoms. The minimum absolute atomic E-state index is 0.154. The van der Waals surface area contributed by atoms with E-state index in [1.165, 1.54) is 25.7 Å². The molecule has 0 heterocycles. The summed E-state index contributed by atoms with van der Waals surface area (Å²) in [5.41, 5.74) is 0. The minimum atomic E-state index is -0.154. The molecule has 1 fully saturated rings. The monoisotopic (exact) mass is 197 g/mol. The molecule has 0 radical (unpaired) electrons. The molecule has 0 bridgehead atoms. The Labute approximate surface area is 85.5 Å². The Kier molecular flexibility index (Phi) is 5.30. The molecule has 1 aliphatic carbocycles. The SMILES string of the molecule is C=CCNCC(=O)OCC1CCCC1. The van der Waals surface area contributed by atoms with E-state index in [1.54, 1.807) is 6.08 Å². The molecule has 0 amide bonds. The lowest BCUT2D eigenvalue weighted by Crippen LogP contribution is -2.26. The molecular formula is C11H19NO2. The summed E-state index contributed by atoms with van der Waals surface area (Å²) in [5.74, 6) is 0.456. The Balaban J connectivity index is 1.99. The van der Waals surface area contributed by atoms with E-state index in [1.807, 2.05) is 0 Å². The second kappa shape index (κ2) is 6.60. The molecule has 3 heteroatoms. The number of ether oxygens (including phenoxy) is 1. The van der Waals surface area contributed by atoms with Crippen LogP contribution in [0.3, 0.4) is 0 Å². The van der Waals surface area contributed by atoms with Crippen molar-refractivity contribution in [2.24, 2.45) is 5.92 Å². The van der Waals surface area contributed by atoms with Crippen molar-refractivity contribution in [3.63, 3.8) is 0 Å². The molecule has 0 aromatic rings. The van der Waals surface area contributed by atoms with Gasteiger partial charge in [0.1, 0.15) is 0 Å². The Morgan fingerprint density at radius 1 is 1.50 bits per heavy atom. The van der Waals surface area contributed by atoms with Crippen LogP contribution in [0.5, 0.6) is 0 Å². The van der Waals surface area contributed by atoms with Crippen molar-refractivity contribution in [2.75, 3.05) is 19.7 Å². The fraction of sp³-hybridized carbons (Fsp3) is 0.727. The van der Waals surface area contributed by atoms with Gasteiger partial charge in [0.15, 0.2) is 0 Å². The molecule has 80 valence electrons. The lowest BCUT2D eigenvalue weighted by atomic mass is 10.1. The van der Waals surface area contributed by atoms with Crippen LogP contribution < -0.4 is 5.32 Å². The molecule has 0 unspecified atom stereocenters. The van der Waals surface area contributed by atoms with E-state index in [2.05, 4.69) is 11.9 Å². The summed E-state index contributed by atoms with van der Waals surface area (Å²) < 4.78 is 5.14. The van der Waals surface area contributed by atoms with Gasteiger partial charge in [-0.25, -0.2) is 0 Å². The summed E-state index contributed by atoms with van der Waals surface area (Å²) in [6.45, 7) is 5.10. The highest BCUT2D eigenvalue weighted by molar-refractivity contribution is 5.71. The van der Waals surface area contributed by atoms with Gasteiger partial charge in [-0.1, -0.05) is 18.9 Å². The van der Waals surface area contributed by atoms with Crippen LogP contribution >= 0.6 is 0 Å². The maximum absolute atomic E-state index is 11.2. The van der Waals surface area contributed by atoms with Crippen molar-refractivity contribution in [1.29, 1.82) is 0 Å². The van der Waals surface area contributed by atoms with Gasteiger partial charge in [0, 0.05) is 6.54 Å². The number of hydrogen-bond donors (Lipinski definition) is 1. The first kappa shape index (κ1) is 11.2. The number of carbonyl (C=O) groups is 1. The van der Waals surface area contributed by atoms with Crippen molar-refractivity contribution < 1.29 is 9.53 Å². The fourth-order valence-corrected chi connectivity index (χ4v) is 1.72. The van der Waals surface area contributed by atoms with E-state index < -0.39 is 0 Å². The van der Waals surface area contributed by atoms with E-state index >= 15 is 0 Å². The molecule has 0 spiro atoms. The Morgan fingerprint density at radius 3 is 2.86 bits per heavy atom. The number of nitrogens with one attached hydrogen (secondary N) is 1. The number of hydrogen-bond acceptors (Lipinski definition) is 3. The van der Waals surface area contributed by atoms with Gasteiger partial charge in [-0.05, 0) is 18.8 Å². The highest BCUT2D eigenvalue weighted by Gasteiger charge is 2.16. The molecule has 1 rings (SSSR count). The highest BCUT2D eigenvalue weighted by atomic mass is 16.5. The van der Waals surface area contributed by atoms with Crippen LogP contribution in [0.4, 0.5) is 0 Å². The van der Waals surface area contributed by atoms with Crippen molar-refractivity contribution in [3.05, 3.63) is 12.7 Å². The predicted molar refractivity (Wildman–Crippen MR) is 56.0 cm³/mol.